The first-order valence-electron chi connectivity index (χ1n) is 18.8. The lowest BCUT2D eigenvalue weighted by Gasteiger charge is -2.39. The van der Waals surface area contributed by atoms with Crippen molar-refractivity contribution in [3.8, 4) is 5.75 Å². The number of nitrogen functional groups attached to an aromatic ring is 1. The highest BCUT2D eigenvalue weighted by Crippen LogP contribution is 2.50. The zero-order valence-electron chi connectivity index (χ0n) is 28.8. The van der Waals surface area contributed by atoms with Gasteiger partial charge in [-0.2, -0.15) is 0 Å². The van der Waals surface area contributed by atoms with Gasteiger partial charge in [0.15, 0.2) is 0 Å². The van der Waals surface area contributed by atoms with E-state index in [4.69, 9.17) is 10.5 Å². The van der Waals surface area contributed by atoms with Crippen molar-refractivity contribution >= 4 is 35.0 Å². The molecule has 2 unspecified atom stereocenters. The van der Waals surface area contributed by atoms with Crippen molar-refractivity contribution in [3.63, 3.8) is 0 Å². The maximum absolute atomic E-state index is 13.3. The third kappa shape index (κ3) is 6.23. The number of benzene rings is 2. The van der Waals surface area contributed by atoms with Crippen LogP contribution in [0.25, 0.3) is 0 Å². The quantitative estimate of drug-likeness (QED) is 0.242. The van der Waals surface area contributed by atoms with Gasteiger partial charge in [-0.3, -0.25) is 29.4 Å². The Kier molecular flexibility index (Phi) is 8.65. The fraction of sp³-hybridized carbons (Fsp3) is 0.600. The van der Waals surface area contributed by atoms with E-state index in [0.29, 0.717) is 28.9 Å². The molecule has 0 aromatic heterocycles. The van der Waals surface area contributed by atoms with Crippen LogP contribution in [0.5, 0.6) is 5.75 Å². The highest BCUT2D eigenvalue weighted by atomic mass is 16.5. The van der Waals surface area contributed by atoms with Gasteiger partial charge in [0.1, 0.15) is 11.8 Å². The maximum atomic E-state index is 13.3. The Balaban J connectivity index is 0.818. The number of carbonyl (C=O) groups excluding carboxylic acids is 4. The first-order chi connectivity index (χ1) is 23.8. The smallest absolute Gasteiger partial charge is 0.262 e. The average Bonchev–Trinajstić information content (AvgIpc) is 3.81. The molecule has 3 heterocycles. The lowest BCUT2D eigenvalue weighted by molar-refractivity contribution is -0.136. The SMILES string of the molecule is COc1cc(C2CCC(C3CCC(CC4CCN(c5ccc6c(c5)C(=O)N(C5CCC(=O)NC5=O)C6=O)C4)CC3)CC2)c(C2CC2)cc1N. The molecule has 260 valence electrons. The first kappa shape index (κ1) is 32.3. The largest absolute Gasteiger partial charge is 0.495 e. The van der Waals surface area contributed by atoms with E-state index in [-0.39, 0.29) is 18.7 Å². The van der Waals surface area contributed by atoms with Crippen LogP contribution in [-0.4, -0.2) is 54.8 Å². The summed E-state index contributed by atoms with van der Waals surface area (Å²) in [6, 6.07) is 9.03. The minimum atomic E-state index is -0.936. The zero-order chi connectivity index (χ0) is 33.8. The molecule has 2 aromatic carbocycles. The number of nitrogens with one attached hydrogen (secondary N) is 1. The number of hydrogen-bond acceptors (Lipinski definition) is 7. The normalized spacial score (nSPS) is 30.5. The van der Waals surface area contributed by atoms with Gasteiger partial charge >= 0.3 is 0 Å². The van der Waals surface area contributed by atoms with Crippen LogP contribution in [0.4, 0.5) is 11.4 Å². The maximum Gasteiger partial charge on any atom is 0.262 e. The van der Waals surface area contributed by atoms with Gasteiger partial charge in [0.25, 0.3) is 11.8 Å². The van der Waals surface area contributed by atoms with Gasteiger partial charge in [-0.15, -0.1) is 0 Å². The van der Waals surface area contributed by atoms with E-state index < -0.39 is 23.8 Å². The molecule has 0 spiro atoms. The Morgan fingerprint density at radius 1 is 0.755 bits per heavy atom. The van der Waals surface area contributed by atoms with E-state index in [9.17, 15) is 19.2 Å². The molecule has 3 N–H and O–H groups in total. The molecule has 0 radical (unpaired) electrons. The first-order valence-corrected chi connectivity index (χ1v) is 18.8. The van der Waals surface area contributed by atoms with Crippen molar-refractivity contribution in [2.45, 2.75) is 108 Å². The summed E-state index contributed by atoms with van der Waals surface area (Å²) >= 11 is 0. The molecule has 0 bridgehead atoms. The lowest BCUT2D eigenvalue weighted by Crippen LogP contribution is -2.54. The monoisotopic (exact) mass is 666 g/mol. The standard InChI is InChI=1S/C40H50N4O5/c1-49-36-21-32(31(20-34(36)41)27-10-11-27)28-8-6-26(7-9-28)25-4-2-23(3-5-25)18-24-16-17-43(22-24)29-12-13-30-33(19-29)40(48)44(39(30)47)35-14-15-37(45)42-38(35)46/h12-13,19-21,23-28,35H,2-11,14-18,22,41H2,1H3,(H,42,45,46). The molecule has 4 amide bonds. The van der Waals surface area contributed by atoms with E-state index in [1.165, 1.54) is 81.8 Å². The minimum absolute atomic E-state index is 0.121. The molecule has 2 atom stereocenters. The van der Waals surface area contributed by atoms with Gasteiger partial charge in [-0.25, -0.2) is 0 Å². The second-order valence-corrected chi connectivity index (χ2v) is 15.9. The predicted octanol–water partition coefficient (Wildman–Crippen LogP) is 6.55. The number of hydrogen-bond donors (Lipinski definition) is 2. The number of rotatable bonds is 8. The van der Waals surface area contributed by atoms with Gasteiger partial charge in [0.05, 0.1) is 23.9 Å². The van der Waals surface area contributed by atoms with Crippen LogP contribution in [0.15, 0.2) is 30.3 Å². The van der Waals surface area contributed by atoms with Gasteiger partial charge in [0, 0.05) is 25.2 Å². The Bertz CT molecular complexity index is 1650. The Labute approximate surface area is 289 Å². The van der Waals surface area contributed by atoms with Crippen LogP contribution in [0, 0.1) is 23.7 Å². The summed E-state index contributed by atoms with van der Waals surface area (Å²) in [6.45, 7) is 1.92. The van der Waals surface area contributed by atoms with E-state index in [2.05, 4.69) is 22.3 Å². The fourth-order valence-corrected chi connectivity index (χ4v) is 10.1. The molecule has 49 heavy (non-hydrogen) atoms. The molecule has 5 fully saturated rings. The molecular weight excluding hydrogens is 616 g/mol. The van der Waals surface area contributed by atoms with Crippen molar-refractivity contribution in [1.82, 2.24) is 10.2 Å². The topological polar surface area (TPSA) is 122 Å². The van der Waals surface area contributed by atoms with Gasteiger partial charge in [-0.05, 0) is 148 Å². The summed E-state index contributed by atoms with van der Waals surface area (Å²) in [5.41, 5.74) is 11.7. The van der Waals surface area contributed by atoms with Crippen LogP contribution >= 0.6 is 0 Å². The molecule has 3 aliphatic carbocycles. The van der Waals surface area contributed by atoms with Crippen molar-refractivity contribution in [2.75, 3.05) is 30.8 Å². The minimum Gasteiger partial charge on any atom is -0.495 e. The van der Waals surface area contributed by atoms with Crippen LogP contribution in [0.2, 0.25) is 0 Å². The fourth-order valence-electron chi connectivity index (χ4n) is 10.1. The highest BCUT2D eigenvalue weighted by Gasteiger charge is 2.45. The second kappa shape index (κ2) is 13.1. The number of nitrogens with zero attached hydrogens (tertiary/aromatic N) is 2. The summed E-state index contributed by atoms with van der Waals surface area (Å²) < 4.78 is 5.61. The number of piperidine rings is 1. The third-order valence-electron chi connectivity index (χ3n) is 13.0. The van der Waals surface area contributed by atoms with Gasteiger partial charge in [0.2, 0.25) is 11.8 Å². The molecule has 9 nitrogen and oxygen atoms in total. The number of fused-ring (bicyclic) bond motifs is 1. The number of anilines is 2. The van der Waals surface area contributed by atoms with E-state index in [1.807, 2.05) is 12.1 Å². The summed E-state index contributed by atoms with van der Waals surface area (Å²) in [5, 5.41) is 2.27. The van der Waals surface area contributed by atoms with E-state index in [0.717, 1.165) is 59.3 Å². The van der Waals surface area contributed by atoms with Crippen LogP contribution in [0.1, 0.15) is 134 Å². The van der Waals surface area contributed by atoms with Crippen molar-refractivity contribution in [3.05, 3.63) is 52.6 Å². The molecular formula is C40H50N4O5. The van der Waals surface area contributed by atoms with Crippen LogP contribution in [-0.2, 0) is 9.59 Å². The Hall–Kier alpha value is -3.88. The average molecular weight is 667 g/mol. The summed E-state index contributed by atoms with van der Waals surface area (Å²) in [4.78, 5) is 53.9. The van der Waals surface area contributed by atoms with Gasteiger partial charge < -0.3 is 15.4 Å². The highest BCUT2D eigenvalue weighted by molar-refractivity contribution is 6.23. The van der Waals surface area contributed by atoms with Crippen molar-refractivity contribution in [2.24, 2.45) is 23.7 Å². The van der Waals surface area contributed by atoms with Crippen molar-refractivity contribution < 1.29 is 23.9 Å². The Morgan fingerprint density at radius 2 is 1.41 bits per heavy atom. The number of ether oxygens (including phenoxy) is 1. The summed E-state index contributed by atoms with van der Waals surface area (Å²) in [5.74, 6) is 3.50. The molecule has 3 saturated carbocycles. The van der Waals surface area contributed by atoms with Gasteiger partial charge in [-0.1, -0.05) is 12.8 Å². The number of carbonyl (C=O) groups is 4. The molecule has 3 aliphatic heterocycles. The second-order valence-electron chi connectivity index (χ2n) is 15.9. The summed E-state index contributed by atoms with van der Waals surface area (Å²) in [7, 11) is 1.73. The molecule has 9 heteroatoms. The lowest BCUT2D eigenvalue weighted by atomic mass is 9.67. The number of imide groups is 2. The van der Waals surface area contributed by atoms with E-state index >= 15 is 0 Å². The molecule has 6 aliphatic rings. The number of methoxy groups -OCH3 is 1. The van der Waals surface area contributed by atoms with Crippen LogP contribution in [0.3, 0.4) is 0 Å². The summed E-state index contributed by atoms with van der Waals surface area (Å²) in [6.07, 6.45) is 16.0. The van der Waals surface area contributed by atoms with Crippen molar-refractivity contribution in [1.29, 1.82) is 0 Å². The Morgan fingerprint density at radius 3 is 2.08 bits per heavy atom. The zero-order valence-corrected chi connectivity index (χ0v) is 28.8. The van der Waals surface area contributed by atoms with Crippen LogP contribution < -0.4 is 20.7 Å². The molecule has 2 saturated heterocycles. The number of amides is 4. The molecule has 2 aromatic rings. The predicted molar refractivity (Wildman–Crippen MR) is 188 cm³/mol. The third-order valence-corrected chi connectivity index (χ3v) is 13.0. The molecule has 8 rings (SSSR count). The number of nitrogens with two attached hydrogens (primary N) is 1. The van der Waals surface area contributed by atoms with E-state index in [1.54, 1.807) is 13.2 Å².